The van der Waals surface area contributed by atoms with Crippen molar-refractivity contribution in [2.75, 3.05) is 13.1 Å². The third-order valence-corrected chi connectivity index (χ3v) is 1.81. The number of hydrogen-bond donors (Lipinski definition) is 0. The largest absolute Gasteiger partial charge is 0.364 e. The number of pyridine rings is 1. The maximum atomic E-state index is 11.5. The van der Waals surface area contributed by atoms with Crippen LogP contribution < -0.4 is 0 Å². The summed E-state index contributed by atoms with van der Waals surface area (Å²) < 4.78 is 0. The minimum absolute atomic E-state index is 0.359. The number of aromatic nitrogens is 1. The van der Waals surface area contributed by atoms with E-state index >= 15 is 0 Å². The molecule has 1 heterocycles. The Morgan fingerprint density at radius 1 is 1.50 bits per heavy atom. The molecule has 0 spiro atoms. The molecule has 1 aromatic rings. The Labute approximate surface area is 83.5 Å². The predicted octanol–water partition coefficient (Wildman–Crippen LogP) is 1.50. The highest BCUT2D eigenvalue weighted by Crippen LogP contribution is 2.01. The Kier molecular flexibility index (Phi) is 4.07. The van der Waals surface area contributed by atoms with Gasteiger partial charge in [0.1, 0.15) is 0 Å². The van der Waals surface area contributed by atoms with Gasteiger partial charge in [0.05, 0.1) is 5.56 Å². The van der Waals surface area contributed by atoms with Crippen molar-refractivity contribution < 1.29 is 9.63 Å². The first kappa shape index (κ1) is 10.7. The second-order valence-corrected chi connectivity index (χ2v) is 2.73. The van der Waals surface area contributed by atoms with Crippen LogP contribution in [0, 0.1) is 0 Å². The topological polar surface area (TPSA) is 42.4 Å². The maximum absolute atomic E-state index is 11.5. The van der Waals surface area contributed by atoms with Gasteiger partial charge in [-0.25, -0.2) is 4.79 Å². The second-order valence-electron chi connectivity index (χ2n) is 2.73. The Morgan fingerprint density at radius 3 is 2.71 bits per heavy atom. The quantitative estimate of drug-likeness (QED) is 0.681. The van der Waals surface area contributed by atoms with E-state index in [1.54, 1.807) is 23.4 Å². The molecule has 0 aliphatic heterocycles. The minimum Gasteiger partial charge on any atom is -0.364 e. The molecule has 0 aliphatic carbocycles. The van der Waals surface area contributed by atoms with Crippen LogP contribution in [0.5, 0.6) is 0 Å². The fraction of sp³-hybridized carbons (Fsp3) is 0.400. The van der Waals surface area contributed by atoms with Gasteiger partial charge in [-0.15, -0.1) is 5.06 Å². The highest BCUT2D eigenvalue weighted by atomic mass is 16.7. The zero-order chi connectivity index (χ0) is 10.4. The first-order valence-corrected chi connectivity index (χ1v) is 4.65. The normalized spacial score (nSPS) is 10.2. The van der Waals surface area contributed by atoms with Gasteiger partial charge in [-0.2, -0.15) is 0 Å². The lowest BCUT2D eigenvalue weighted by atomic mass is 10.3. The van der Waals surface area contributed by atoms with Gasteiger partial charge >= 0.3 is 5.97 Å². The molecule has 4 nitrogen and oxygen atoms in total. The van der Waals surface area contributed by atoms with E-state index < -0.39 is 0 Å². The molecule has 0 atom stereocenters. The molecule has 0 saturated heterocycles. The van der Waals surface area contributed by atoms with Crippen LogP contribution in [-0.4, -0.2) is 29.1 Å². The van der Waals surface area contributed by atoms with Gasteiger partial charge in [-0.05, 0) is 26.0 Å². The van der Waals surface area contributed by atoms with Crippen molar-refractivity contribution in [1.29, 1.82) is 0 Å². The molecule has 14 heavy (non-hydrogen) atoms. The fourth-order valence-corrected chi connectivity index (χ4v) is 1.01. The summed E-state index contributed by atoms with van der Waals surface area (Å²) in [6.45, 7) is 5.23. The first-order valence-electron chi connectivity index (χ1n) is 4.65. The van der Waals surface area contributed by atoms with Crippen LogP contribution in [0.4, 0.5) is 0 Å². The van der Waals surface area contributed by atoms with E-state index in [4.69, 9.17) is 4.84 Å². The summed E-state index contributed by atoms with van der Waals surface area (Å²) in [5.41, 5.74) is 0.472. The average Bonchev–Trinajstić information content (AvgIpc) is 2.26. The van der Waals surface area contributed by atoms with Crippen molar-refractivity contribution in [3.63, 3.8) is 0 Å². The number of carbonyl (C=O) groups is 1. The lowest BCUT2D eigenvalue weighted by Crippen LogP contribution is -2.26. The lowest BCUT2D eigenvalue weighted by molar-refractivity contribution is -0.103. The zero-order valence-corrected chi connectivity index (χ0v) is 8.43. The van der Waals surface area contributed by atoms with Crippen molar-refractivity contribution in [1.82, 2.24) is 10.0 Å². The average molecular weight is 194 g/mol. The van der Waals surface area contributed by atoms with Gasteiger partial charge in [-0.1, -0.05) is 0 Å². The summed E-state index contributed by atoms with van der Waals surface area (Å²) >= 11 is 0. The summed E-state index contributed by atoms with van der Waals surface area (Å²) in [6.07, 6.45) is 3.11. The van der Waals surface area contributed by atoms with E-state index in [2.05, 4.69) is 4.98 Å². The molecular formula is C10H14N2O2. The van der Waals surface area contributed by atoms with E-state index in [9.17, 15) is 4.79 Å². The fourth-order valence-electron chi connectivity index (χ4n) is 1.01. The number of rotatable bonds is 4. The minimum atomic E-state index is -0.359. The molecular weight excluding hydrogens is 180 g/mol. The molecule has 0 unspecified atom stereocenters. The Hall–Kier alpha value is -1.42. The van der Waals surface area contributed by atoms with Crippen LogP contribution in [0.25, 0.3) is 0 Å². The Balaban J connectivity index is 2.59. The van der Waals surface area contributed by atoms with Crippen molar-refractivity contribution in [3.8, 4) is 0 Å². The lowest BCUT2D eigenvalue weighted by Gasteiger charge is -2.16. The molecule has 0 bridgehead atoms. The molecule has 0 fully saturated rings. The number of hydroxylamine groups is 2. The van der Waals surface area contributed by atoms with Crippen LogP contribution in [-0.2, 0) is 4.84 Å². The molecule has 76 valence electrons. The highest BCUT2D eigenvalue weighted by Gasteiger charge is 2.10. The van der Waals surface area contributed by atoms with Gasteiger partial charge < -0.3 is 4.84 Å². The van der Waals surface area contributed by atoms with E-state index in [1.807, 2.05) is 13.8 Å². The molecule has 1 aromatic heterocycles. The third kappa shape index (κ3) is 2.81. The highest BCUT2D eigenvalue weighted by molar-refractivity contribution is 5.88. The third-order valence-electron chi connectivity index (χ3n) is 1.81. The van der Waals surface area contributed by atoms with E-state index in [1.165, 1.54) is 6.20 Å². The van der Waals surface area contributed by atoms with Gasteiger partial charge in [0, 0.05) is 25.5 Å². The van der Waals surface area contributed by atoms with Crippen LogP contribution in [0.15, 0.2) is 24.5 Å². The van der Waals surface area contributed by atoms with E-state index in [0.717, 1.165) is 0 Å². The summed E-state index contributed by atoms with van der Waals surface area (Å²) in [5.74, 6) is -0.359. The maximum Gasteiger partial charge on any atom is 0.358 e. The molecule has 0 saturated carbocycles. The standard InChI is InChI=1S/C10H14N2O2/c1-3-12(4-2)14-10(13)9-6-5-7-11-8-9/h5-8H,3-4H2,1-2H3. The van der Waals surface area contributed by atoms with Gasteiger partial charge in [0.25, 0.3) is 0 Å². The second kappa shape index (κ2) is 5.34. The summed E-state index contributed by atoms with van der Waals surface area (Å²) in [6, 6.07) is 3.39. The zero-order valence-electron chi connectivity index (χ0n) is 8.43. The van der Waals surface area contributed by atoms with Crippen molar-refractivity contribution in [3.05, 3.63) is 30.1 Å². The molecule has 0 amide bonds. The van der Waals surface area contributed by atoms with Crippen LogP contribution >= 0.6 is 0 Å². The number of carbonyl (C=O) groups excluding carboxylic acids is 1. The van der Waals surface area contributed by atoms with Crippen molar-refractivity contribution >= 4 is 5.97 Å². The predicted molar refractivity (Wildman–Crippen MR) is 52.6 cm³/mol. The molecule has 0 N–H and O–H groups in total. The molecule has 0 aliphatic rings. The van der Waals surface area contributed by atoms with E-state index in [0.29, 0.717) is 18.7 Å². The number of nitrogens with zero attached hydrogens (tertiary/aromatic N) is 2. The number of hydrogen-bond acceptors (Lipinski definition) is 4. The molecule has 0 radical (unpaired) electrons. The van der Waals surface area contributed by atoms with Crippen LogP contribution in [0.2, 0.25) is 0 Å². The smallest absolute Gasteiger partial charge is 0.358 e. The summed E-state index contributed by atoms with van der Waals surface area (Å²) in [7, 11) is 0. The van der Waals surface area contributed by atoms with Gasteiger partial charge in [-0.3, -0.25) is 4.98 Å². The monoisotopic (exact) mass is 194 g/mol. The Morgan fingerprint density at radius 2 is 2.21 bits per heavy atom. The first-order chi connectivity index (χ1) is 6.77. The molecule has 4 heteroatoms. The summed E-state index contributed by atoms with van der Waals surface area (Å²) in [5, 5.41) is 1.59. The van der Waals surface area contributed by atoms with Gasteiger partial charge in [0.15, 0.2) is 0 Å². The summed E-state index contributed by atoms with van der Waals surface area (Å²) in [4.78, 5) is 20.4. The van der Waals surface area contributed by atoms with E-state index in [-0.39, 0.29) is 5.97 Å². The molecule has 1 rings (SSSR count). The van der Waals surface area contributed by atoms with Crippen molar-refractivity contribution in [2.24, 2.45) is 0 Å². The SMILES string of the molecule is CCN(CC)OC(=O)c1cccnc1. The van der Waals surface area contributed by atoms with Crippen molar-refractivity contribution in [2.45, 2.75) is 13.8 Å². The van der Waals surface area contributed by atoms with Gasteiger partial charge in [0.2, 0.25) is 0 Å². The van der Waals surface area contributed by atoms with Crippen LogP contribution in [0.3, 0.4) is 0 Å². The Bertz CT molecular complexity index is 283. The molecule has 0 aromatic carbocycles. The van der Waals surface area contributed by atoms with Crippen LogP contribution in [0.1, 0.15) is 24.2 Å².